The number of amides is 1. The van der Waals surface area contributed by atoms with Crippen molar-refractivity contribution in [1.82, 2.24) is 15.2 Å². The molecule has 2 rings (SSSR count). The summed E-state index contributed by atoms with van der Waals surface area (Å²) in [6.45, 7) is 3.93. The lowest BCUT2D eigenvalue weighted by molar-refractivity contribution is 0.102. The Morgan fingerprint density at radius 1 is 1.47 bits per heavy atom. The number of H-pyrrole nitrogens is 1. The number of nitrogens with two attached hydrogens (primary N) is 1. The highest BCUT2D eigenvalue weighted by molar-refractivity contribution is 6.29. The van der Waals surface area contributed by atoms with Crippen molar-refractivity contribution >= 4 is 28.9 Å². The minimum absolute atomic E-state index is 0.172. The molecule has 0 saturated heterocycles. The predicted octanol–water partition coefficient (Wildman–Crippen LogP) is 2.42. The Morgan fingerprint density at radius 2 is 2.21 bits per heavy atom. The van der Waals surface area contributed by atoms with Crippen LogP contribution < -0.4 is 11.1 Å². The number of nitrogens with one attached hydrogen (secondary N) is 2. The Hall–Kier alpha value is -2.08. The molecule has 4 N–H and O–H groups in total. The number of halogens is 1. The summed E-state index contributed by atoms with van der Waals surface area (Å²) >= 11 is 5.67. The number of aromatic amines is 1. The fourth-order valence-electron chi connectivity index (χ4n) is 1.62. The number of anilines is 2. The van der Waals surface area contributed by atoms with Gasteiger partial charge in [-0.15, -0.1) is 0 Å². The average molecular weight is 280 g/mol. The van der Waals surface area contributed by atoms with Gasteiger partial charge in [-0.1, -0.05) is 25.4 Å². The summed E-state index contributed by atoms with van der Waals surface area (Å²) in [6.07, 6.45) is 1.46. The molecular weight excluding hydrogens is 266 g/mol. The van der Waals surface area contributed by atoms with Crippen LogP contribution >= 0.6 is 11.6 Å². The molecule has 6 nitrogen and oxygen atoms in total. The minimum atomic E-state index is -0.384. The van der Waals surface area contributed by atoms with Crippen LogP contribution in [0.15, 0.2) is 18.3 Å². The largest absolute Gasteiger partial charge is 0.395 e. The van der Waals surface area contributed by atoms with Gasteiger partial charge in [-0.3, -0.25) is 9.89 Å². The first-order valence-electron chi connectivity index (χ1n) is 5.75. The Balaban J connectivity index is 2.18. The van der Waals surface area contributed by atoms with Crippen molar-refractivity contribution in [3.63, 3.8) is 0 Å². The Morgan fingerprint density at radius 3 is 2.74 bits per heavy atom. The summed E-state index contributed by atoms with van der Waals surface area (Å²) in [5.74, 6) is -0.212. The van der Waals surface area contributed by atoms with E-state index in [0.717, 1.165) is 5.69 Å². The Bertz CT molecular complexity index is 591. The first-order chi connectivity index (χ1) is 8.99. The number of nitrogens with zero attached hydrogens (tertiary/aromatic N) is 2. The predicted molar refractivity (Wildman–Crippen MR) is 74.3 cm³/mol. The smallest absolute Gasteiger partial charge is 0.278 e. The van der Waals surface area contributed by atoms with Crippen molar-refractivity contribution < 1.29 is 4.79 Å². The second kappa shape index (κ2) is 5.27. The third-order valence-electron chi connectivity index (χ3n) is 2.61. The zero-order valence-electron chi connectivity index (χ0n) is 10.6. The van der Waals surface area contributed by atoms with E-state index in [9.17, 15) is 4.79 Å². The van der Waals surface area contributed by atoms with Gasteiger partial charge in [0.1, 0.15) is 5.15 Å². The second-order valence-corrected chi connectivity index (χ2v) is 4.77. The number of nitrogen functional groups attached to an aromatic ring is 1. The molecule has 100 valence electrons. The van der Waals surface area contributed by atoms with Gasteiger partial charge in [0, 0.05) is 0 Å². The molecule has 7 heteroatoms. The van der Waals surface area contributed by atoms with Crippen LogP contribution in [0.5, 0.6) is 0 Å². The molecule has 0 fully saturated rings. The summed E-state index contributed by atoms with van der Waals surface area (Å²) in [7, 11) is 0. The van der Waals surface area contributed by atoms with Gasteiger partial charge in [0.15, 0.2) is 5.69 Å². The van der Waals surface area contributed by atoms with Gasteiger partial charge < -0.3 is 11.1 Å². The van der Waals surface area contributed by atoms with Gasteiger partial charge in [0.2, 0.25) is 0 Å². The number of aromatic nitrogens is 3. The third kappa shape index (κ3) is 2.85. The molecule has 0 aliphatic rings. The standard InChI is InChI=1S/C12H14ClN5O/c1-6(2)10-9(14)11(18-17-10)12(19)16-7-3-4-8(13)15-5-7/h3-6H,14H2,1-2H3,(H,16,19)(H,17,18). The Kier molecular flexibility index (Phi) is 3.71. The average Bonchev–Trinajstić information content (AvgIpc) is 2.74. The first kappa shape index (κ1) is 13.4. The van der Waals surface area contributed by atoms with Gasteiger partial charge >= 0.3 is 0 Å². The van der Waals surface area contributed by atoms with E-state index >= 15 is 0 Å². The maximum atomic E-state index is 12.0. The van der Waals surface area contributed by atoms with Crippen molar-refractivity contribution in [3.8, 4) is 0 Å². The summed E-state index contributed by atoms with van der Waals surface area (Å²) < 4.78 is 0. The highest BCUT2D eigenvalue weighted by Gasteiger charge is 2.18. The molecule has 0 aliphatic carbocycles. The molecule has 2 aromatic heterocycles. The molecule has 0 bridgehead atoms. The van der Waals surface area contributed by atoms with Crippen LogP contribution in [-0.2, 0) is 0 Å². The van der Waals surface area contributed by atoms with Crippen LogP contribution in [0.25, 0.3) is 0 Å². The number of carbonyl (C=O) groups excluding carboxylic acids is 1. The van der Waals surface area contributed by atoms with Crippen molar-refractivity contribution in [2.45, 2.75) is 19.8 Å². The molecule has 0 spiro atoms. The van der Waals surface area contributed by atoms with Crippen LogP contribution in [0.4, 0.5) is 11.4 Å². The van der Waals surface area contributed by atoms with Crippen LogP contribution in [0.3, 0.4) is 0 Å². The Labute approximate surface area is 115 Å². The summed E-state index contributed by atoms with van der Waals surface area (Å²) in [4.78, 5) is 15.9. The van der Waals surface area contributed by atoms with Crippen molar-refractivity contribution in [1.29, 1.82) is 0 Å². The topological polar surface area (TPSA) is 96.7 Å². The molecular formula is C12H14ClN5O. The van der Waals surface area contributed by atoms with Crippen LogP contribution in [0, 0.1) is 0 Å². The molecule has 0 unspecified atom stereocenters. The minimum Gasteiger partial charge on any atom is -0.395 e. The molecule has 1 amide bonds. The van der Waals surface area contributed by atoms with E-state index in [2.05, 4.69) is 20.5 Å². The monoisotopic (exact) mass is 279 g/mol. The molecule has 2 aromatic rings. The van der Waals surface area contributed by atoms with E-state index in [1.54, 1.807) is 12.1 Å². The molecule has 2 heterocycles. The third-order valence-corrected chi connectivity index (χ3v) is 2.83. The lowest BCUT2D eigenvalue weighted by atomic mass is 10.1. The zero-order valence-corrected chi connectivity index (χ0v) is 11.3. The van der Waals surface area contributed by atoms with E-state index in [-0.39, 0.29) is 17.5 Å². The lowest BCUT2D eigenvalue weighted by Gasteiger charge is -2.04. The molecule has 0 radical (unpaired) electrons. The molecule has 0 aromatic carbocycles. The van der Waals surface area contributed by atoms with Crippen LogP contribution in [0.2, 0.25) is 5.15 Å². The molecule has 0 atom stereocenters. The van der Waals surface area contributed by atoms with Crippen molar-refractivity contribution in [2.75, 3.05) is 11.1 Å². The van der Waals surface area contributed by atoms with Crippen molar-refractivity contribution in [2.24, 2.45) is 0 Å². The first-order valence-corrected chi connectivity index (χ1v) is 6.13. The normalized spacial score (nSPS) is 10.7. The molecule has 19 heavy (non-hydrogen) atoms. The fraction of sp³-hybridized carbons (Fsp3) is 0.250. The summed E-state index contributed by atoms with van der Waals surface area (Å²) in [6, 6.07) is 3.24. The van der Waals surface area contributed by atoms with Gasteiger partial charge in [0.05, 0.1) is 23.3 Å². The summed E-state index contributed by atoms with van der Waals surface area (Å²) in [5.41, 5.74) is 7.72. The van der Waals surface area contributed by atoms with E-state index in [0.29, 0.717) is 16.5 Å². The highest BCUT2D eigenvalue weighted by Crippen LogP contribution is 2.22. The van der Waals surface area contributed by atoms with E-state index in [4.69, 9.17) is 17.3 Å². The fourth-order valence-corrected chi connectivity index (χ4v) is 1.73. The van der Waals surface area contributed by atoms with Gasteiger partial charge in [-0.2, -0.15) is 5.10 Å². The lowest BCUT2D eigenvalue weighted by Crippen LogP contribution is -2.14. The van der Waals surface area contributed by atoms with Crippen LogP contribution in [0.1, 0.15) is 35.9 Å². The maximum Gasteiger partial charge on any atom is 0.278 e. The quantitative estimate of drug-likeness (QED) is 0.752. The van der Waals surface area contributed by atoms with E-state index < -0.39 is 0 Å². The number of rotatable bonds is 3. The van der Waals surface area contributed by atoms with Crippen LogP contribution in [-0.4, -0.2) is 21.1 Å². The summed E-state index contributed by atoms with van der Waals surface area (Å²) in [5, 5.41) is 9.74. The SMILES string of the molecule is CC(C)c1[nH]nc(C(=O)Nc2ccc(Cl)nc2)c1N. The maximum absolute atomic E-state index is 12.0. The van der Waals surface area contributed by atoms with Gasteiger partial charge in [-0.05, 0) is 18.1 Å². The highest BCUT2D eigenvalue weighted by atomic mass is 35.5. The number of carbonyl (C=O) groups is 1. The number of hydrogen-bond donors (Lipinski definition) is 3. The second-order valence-electron chi connectivity index (χ2n) is 4.38. The van der Waals surface area contributed by atoms with E-state index in [1.165, 1.54) is 6.20 Å². The van der Waals surface area contributed by atoms with E-state index in [1.807, 2.05) is 13.8 Å². The number of hydrogen-bond acceptors (Lipinski definition) is 4. The number of pyridine rings is 1. The zero-order chi connectivity index (χ0) is 14.0. The van der Waals surface area contributed by atoms with Gasteiger partial charge in [0.25, 0.3) is 5.91 Å². The molecule has 0 saturated carbocycles. The van der Waals surface area contributed by atoms with Gasteiger partial charge in [-0.25, -0.2) is 4.98 Å². The molecule has 0 aliphatic heterocycles. The van der Waals surface area contributed by atoms with Crippen molar-refractivity contribution in [3.05, 3.63) is 34.9 Å².